The SMILES string of the molecule is O=C(COC(=O)Cc1csc(N2CCCC2=O)n1)Nc1cccc2ccccc12. The Hall–Kier alpha value is -3.26. The molecule has 2 amide bonds. The first-order chi connectivity index (χ1) is 14.1. The van der Waals surface area contributed by atoms with Crippen LogP contribution in [0, 0.1) is 0 Å². The summed E-state index contributed by atoms with van der Waals surface area (Å²) in [5, 5.41) is 7.04. The number of carbonyl (C=O) groups is 3. The van der Waals surface area contributed by atoms with Crippen LogP contribution in [0.5, 0.6) is 0 Å². The van der Waals surface area contributed by atoms with Crippen LogP contribution >= 0.6 is 11.3 Å². The highest BCUT2D eigenvalue weighted by Crippen LogP contribution is 2.25. The largest absolute Gasteiger partial charge is 0.455 e. The van der Waals surface area contributed by atoms with Crippen molar-refractivity contribution in [3.05, 3.63) is 53.5 Å². The lowest BCUT2D eigenvalue weighted by molar-refractivity contribution is -0.146. The second-order valence-corrected chi connectivity index (χ2v) is 7.52. The normalized spacial score (nSPS) is 13.7. The van der Waals surface area contributed by atoms with Gasteiger partial charge >= 0.3 is 5.97 Å². The number of carbonyl (C=O) groups excluding carboxylic acids is 3. The van der Waals surface area contributed by atoms with Crippen molar-refractivity contribution in [1.82, 2.24) is 4.98 Å². The highest BCUT2D eigenvalue weighted by molar-refractivity contribution is 7.14. The summed E-state index contributed by atoms with van der Waals surface area (Å²) in [5.74, 6) is -0.891. The van der Waals surface area contributed by atoms with E-state index in [0.29, 0.717) is 29.5 Å². The zero-order chi connectivity index (χ0) is 20.2. The third-order valence-corrected chi connectivity index (χ3v) is 5.51. The molecule has 0 saturated carbocycles. The predicted octanol–water partition coefficient (Wildman–Crippen LogP) is 3.15. The number of anilines is 2. The average Bonchev–Trinajstić information content (AvgIpc) is 3.35. The van der Waals surface area contributed by atoms with Gasteiger partial charge in [0.25, 0.3) is 5.91 Å². The molecule has 2 heterocycles. The van der Waals surface area contributed by atoms with E-state index in [1.807, 2.05) is 36.4 Å². The summed E-state index contributed by atoms with van der Waals surface area (Å²) < 4.78 is 5.08. The Bertz CT molecular complexity index is 1070. The molecule has 7 nitrogen and oxygen atoms in total. The quantitative estimate of drug-likeness (QED) is 0.632. The van der Waals surface area contributed by atoms with Crippen molar-refractivity contribution in [2.24, 2.45) is 0 Å². The number of aromatic nitrogens is 1. The van der Waals surface area contributed by atoms with E-state index in [-0.39, 0.29) is 18.9 Å². The van der Waals surface area contributed by atoms with Gasteiger partial charge in [0.15, 0.2) is 11.7 Å². The first-order valence-electron chi connectivity index (χ1n) is 9.28. The second-order valence-electron chi connectivity index (χ2n) is 6.68. The van der Waals surface area contributed by atoms with Crippen LogP contribution in [0.1, 0.15) is 18.5 Å². The molecule has 0 radical (unpaired) electrons. The van der Waals surface area contributed by atoms with E-state index in [2.05, 4.69) is 10.3 Å². The van der Waals surface area contributed by atoms with Crippen molar-refractivity contribution < 1.29 is 19.1 Å². The Morgan fingerprint density at radius 2 is 2.00 bits per heavy atom. The molecule has 0 unspecified atom stereocenters. The molecule has 1 aliphatic heterocycles. The Balaban J connectivity index is 1.30. The summed E-state index contributed by atoms with van der Waals surface area (Å²) in [6.45, 7) is 0.286. The number of nitrogens with one attached hydrogen (secondary N) is 1. The Morgan fingerprint density at radius 1 is 1.17 bits per heavy atom. The Labute approximate surface area is 171 Å². The fourth-order valence-corrected chi connectivity index (χ4v) is 4.09. The maximum absolute atomic E-state index is 12.2. The van der Waals surface area contributed by atoms with Gasteiger partial charge in [0, 0.05) is 29.4 Å². The summed E-state index contributed by atoms with van der Waals surface area (Å²) in [5.41, 5.74) is 1.20. The molecule has 3 aromatic rings. The maximum Gasteiger partial charge on any atom is 0.312 e. The van der Waals surface area contributed by atoms with Crippen molar-refractivity contribution in [1.29, 1.82) is 0 Å². The van der Waals surface area contributed by atoms with Gasteiger partial charge in [0.2, 0.25) is 5.91 Å². The molecular formula is C21H19N3O4S. The zero-order valence-electron chi connectivity index (χ0n) is 15.6. The summed E-state index contributed by atoms with van der Waals surface area (Å²) in [7, 11) is 0. The van der Waals surface area contributed by atoms with Gasteiger partial charge in [-0.25, -0.2) is 4.98 Å². The fourth-order valence-electron chi connectivity index (χ4n) is 3.22. The molecule has 4 rings (SSSR count). The number of thiazole rings is 1. The van der Waals surface area contributed by atoms with E-state index in [4.69, 9.17) is 4.74 Å². The molecule has 1 fully saturated rings. The molecule has 1 aliphatic rings. The first-order valence-corrected chi connectivity index (χ1v) is 10.2. The summed E-state index contributed by atoms with van der Waals surface area (Å²) >= 11 is 1.33. The van der Waals surface area contributed by atoms with Gasteiger partial charge in [0.1, 0.15) is 0 Å². The van der Waals surface area contributed by atoms with Crippen molar-refractivity contribution in [2.75, 3.05) is 23.4 Å². The van der Waals surface area contributed by atoms with Crippen molar-refractivity contribution in [3.8, 4) is 0 Å². The molecule has 1 saturated heterocycles. The van der Waals surface area contributed by atoms with Gasteiger partial charge in [-0.15, -0.1) is 11.3 Å². The topological polar surface area (TPSA) is 88.6 Å². The maximum atomic E-state index is 12.2. The molecule has 8 heteroatoms. The number of nitrogens with zero attached hydrogens (tertiary/aromatic N) is 2. The third-order valence-electron chi connectivity index (χ3n) is 4.60. The third kappa shape index (κ3) is 4.43. The highest BCUT2D eigenvalue weighted by atomic mass is 32.1. The lowest BCUT2D eigenvalue weighted by Crippen LogP contribution is -2.23. The highest BCUT2D eigenvalue weighted by Gasteiger charge is 2.24. The van der Waals surface area contributed by atoms with Crippen LogP contribution in [0.2, 0.25) is 0 Å². The standard InChI is InChI=1S/C21H19N3O4S/c25-18(23-17-8-3-6-14-5-1-2-7-16(14)17)12-28-20(27)11-15-13-29-21(22-15)24-10-4-9-19(24)26/h1-3,5-8,13H,4,9-12H2,(H,23,25). The lowest BCUT2D eigenvalue weighted by atomic mass is 10.1. The fraction of sp³-hybridized carbons (Fsp3) is 0.238. The molecule has 0 atom stereocenters. The van der Waals surface area contributed by atoms with Gasteiger partial charge in [-0.3, -0.25) is 19.3 Å². The first kappa shape index (κ1) is 19.1. The van der Waals surface area contributed by atoms with Crippen LogP contribution in [0.3, 0.4) is 0 Å². The van der Waals surface area contributed by atoms with Crippen LogP contribution in [-0.2, 0) is 25.5 Å². The lowest BCUT2D eigenvalue weighted by Gasteiger charge is -2.10. The van der Waals surface area contributed by atoms with Crippen molar-refractivity contribution >= 4 is 50.7 Å². The minimum absolute atomic E-state index is 0.0416. The number of amides is 2. The molecule has 1 aromatic heterocycles. The number of hydrogen-bond donors (Lipinski definition) is 1. The van der Waals surface area contributed by atoms with Crippen LogP contribution in [0.25, 0.3) is 10.8 Å². The number of esters is 1. The van der Waals surface area contributed by atoms with E-state index < -0.39 is 11.9 Å². The van der Waals surface area contributed by atoms with Gasteiger partial charge in [0.05, 0.1) is 12.1 Å². The van der Waals surface area contributed by atoms with Gasteiger partial charge < -0.3 is 10.1 Å². The molecular weight excluding hydrogens is 390 g/mol. The number of benzene rings is 2. The monoisotopic (exact) mass is 409 g/mol. The second kappa shape index (κ2) is 8.40. The zero-order valence-corrected chi connectivity index (χ0v) is 16.4. The van der Waals surface area contributed by atoms with Crippen LogP contribution in [0.4, 0.5) is 10.8 Å². The molecule has 148 valence electrons. The minimum Gasteiger partial charge on any atom is -0.455 e. The number of rotatable bonds is 6. The molecule has 2 aromatic carbocycles. The van der Waals surface area contributed by atoms with Gasteiger partial charge in [-0.1, -0.05) is 36.4 Å². The average molecular weight is 409 g/mol. The number of ether oxygens (including phenoxy) is 1. The van der Waals surface area contributed by atoms with E-state index in [9.17, 15) is 14.4 Å². The van der Waals surface area contributed by atoms with Crippen LogP contribution in [-0.4, -0.2) is 35.9 Å². The van der Waals surface area contributed by atoms with Crippen molar-refractivity contribution in [3.63, 3.8) is 0 Å². The molecule has 0 bridgehead atoms. The summed E-state index contributed by atoms with van der Waals surface area (Å²) in [6.07, 6.45) is 1.31. The summed E-state index contributed by atoms with van der Waals surface area (Å²) in [6, 6.07) is 13.3. The smallest absolute Gasteiger partial charge is 0.312 e. The Kier molecular flexibility index (Phi) is 5.53. The van der Waals surface area contributed by atoms with Gasteiger partial charge in [-0.2, -0.15) is 0 Å². The minimum atomic E-state index is -0.539. The van der Waals surface area contributed by atoms with E-state index in [0.717, 1.165) is 17.2 Å². The number of hydrogen-bond acceptors (Lipinski definition) is 6. The predicted molar refractivity (Wildman–Crippen MR) is 111 cm³/mol. The molecule has 29 heavy (non-hydrogen) atoms. The van der Waals surface area contributed by atoms with Crippen molar-refractivity contribution in [2.45, 2.75) is 19.3 Å². The molecule has 0 spiro atoms. The molecule has 0 aliphatic carbocycles. The van der Waals surface area contributed by atoms with E-state index in [1.54, 1.807) is 16.3 Å². The summed E-state index contributed by atoms with van der Waals surface area (Å²) in [4.78, 5) is 42.0. The van der Waals surface area contributed by atoms with Gasteiger partial charge in [-0.05, 0) is 17.9 Å². The van der Waals surface area contributed by atoms with Crippen LogP contribution in [0.15, 0.2) is 47.8 Å². The molecule has 1 N–H and O–H groups in total. The Morgan fingerprint density at radius 3 is 2.83 bits per heavy atom. The van der Waals surface area contributed by atoms with E-state index in [1.165, 1.54) is 11.3 Å². The van der Waals surface area contributed by atoms with E-state index >= 15 is 0 Å². The van der Waals surface area contributed by atoms with Crippen LogP contribution < -0.4 is 10.2 Å². The number of fused-ring (bicyclic) bond motifs is 1.